The second kappa shape index (κ2) is 10.8. The van der Waals surface area contributed by atoms with Crippen molar-refractivity contribution in [2.45, 2.75) is 58.9 Å². The minimum atomic E-state index is -0.373. The number of ether oxygens (including phenoxy) is 1. The number of benzene rings is 1. The molecule has 0 aliphatic carbocycles. The third kappa shape index (κ3) is 7.55. The molecule has 0 radical (unpaired) electrons. The maximum atomic E-state index is 12.4. The molecule has 2 rings (SSSR count). The Labute approximate surface area is 164 Å². The van der Waals surface area contributed by atoms with Crippen LogP contribution in [0.2, 0.25) is 0 Å². The maximum absolute atomic E-state index is 12.4. The van der Waals surface area contributed by atoms with E-state index in [2.05, 4.69) is 38.3 Å². The van der Waals surface area contributed by atoms with Gasteiger partial charge in [-0.05, 0) is 75.7 Å². The van der Waals surface area contributed by atoms with Gasteiger partial charge in [-0.3, -0.25) is 4.79 Å². The van der Waals surface area contributed by atoms with Crippen molar-refractivity contribution in [2.24, 2.45) is 11.8 Å². The third-order valence-corrected chi connectivity index (χ3v) is 4.85. The van der Waals surface area contributed by atoms with Gasteiger partial charge in [0.15, 0.2) is 0 Å². The predicted molar refractivity (Wildman–Crippen MR) is 110 cm³/mol. The summed E-state index contributed by atoms with van der Waals surface area (Å²) in [6.07, 6.45) is 3.98. The molecule has 1 saturated heterocycles. The second-order valence-electron chi connectivity index (χ2n) is 8.13. The molecule has 4 nitrogen and oxygen atoms in total. The van der Waals surface area contributed by atoms with Crippen LogP contribution in [0, 0.1) is 11.8 Å². The van der Waals surface area contributed by atoms with Gasteiger partial charge in [0.1, 0.15) is 5.75 Å². The minimum Gasteiger partial charge on any atom is -0.493 e. The van der Waals surface area contributed by atoms with Gasteiger partial charge in [-0.2, -0.15) is 0 Å². The van der Waals surface area contributed by atoms with Crippen molar-refractivity contribution in [3.8, 4) is 5.75 Å². The SMILES string of the molecule is CC(C)COc1ccc(C(C)(C)NC(=O)CCC2CCNCC2)cc1.Cl. The van der Waals surface area contributed by atoms with Crippen LogP contribution in [0.4, 0.5) is 0 Å². The molecule has 0 unspecified atom stereocenters. The Morgan fingerprint density at radius 2 is 1.85 bits per heavy atom. The average molecular weight is 383 g/mol. The van der Waals surface area contributed by atoms with E-state index in [1.54, 1.807) is 0 Å². The molecular formula is C21H35ClN2O2. The van der Waals surface area contributed by atoms with Crippen LogP contribution >= 0.6 is 12.4 Å². The lowest BCUT2D eigenvalue weighted by Crippen LogP contribution is -2.41. The molecule has 5 heteroatoms. The van der Waals surface area contributed by atoms with Gasteiger partial charge in [0.25, 0.3) is 0 Å². The summed E-state index contributed by atoms with van der Waals surface area (Å²) >= 11 is 0. The van der Waals surface area contributed by atoms with Gasteiger partial charge in [0.2, 0.25) is 5.91 Å². The number of amides is 1. The predicted octanol–water partition coefficient (Wildman–Crippen LogP) is 4.27. The van der Waals surface area contributed by atoms with E-state index in [0.717, 1.165) is 37.4 Å². The summed E-state index contributed by atoms with van der Waals surface area (Å²) < 4.78 is 5.73. The number of rotatable bonds is 8. The molecule has 0 bridgehead atoms. The van der Waals surface area contributed by atoms with Gasteiger partial charge >= 0.3 is 0 Å². The van der Waals surface area contributed by atoms with Crippen molar-refractivity contribution in [1.82, 2.24) is 10.6 Å². The first-order valence-corrected chi connectivity index (χ1v) is 9.62. The monoisotopic (exact) mass is 382 g/mol. The van der Waals surface area contributed by atoms with E-state index in [-0.39, 0.29) is 23.9 Å². The Balaban J connectivity index is 0.00000338. The van der Waals surface area contributed by atoms with Gasteiger partial charge in [0.05, 0.1) is 12.1 Å². The van der Waals surface area contributed by atoms with E-state index < -0.39 is 0 Å². The van der Waals surface area contributed by atoms with Crippen molar-refractivity contribution < 1.29 is 9.53 Å². The Kier molecular flexibility index (Phi) is 9.45. The largest absolute Gasteiger partial charge is 0.493 e. The third-order valence-electron chi connectivity index (χ3n) is 4.85. The molecule has 2 N–H and O–H groups in total. The van der Waals surface area contributed by atoms with Crippen LogP contribution in [0.3, 0.4) is 0 Å². The zero-order valence-electron chi connectivity index (χ0n) is 16.6. The second-order valence-corrected chi connectivity index (χ2v) is 8.13. The standard InChI is InChI=1S/C21H34N2O2.ClH/c1-16(2)15-25-19-8-6-18(7-9-19)21(3,4)23-20(24)10-5-17-11-13-22-14-12-17;/h6-9,16-17,22H,5,10-15H2,1-4H3,(H,23,24);1H. The summed E-state index contributed by atoms with van der Waals surface area (Å²) in [5.41, 5.74) is 0.724. The fourth-order valence-corrected chi connectivity index (χ4v) is 3.22. The Morgan fingerprint density at radius 1 is 1.23 bits per heavy atom. The number of halogens is 1. The molecule has 0 saturated carbocycles. The number of piperidine rings is 1. The minimum absolute atomic E-state index is 0. The lowest BCUT2D eigenvalue weighted by atomic mass is 9.91. The van der Waals surface area contributed by atoms with E-state index >= 15 is 0 Å². The van der Waals surface area contributed by atoms with E-state index in [9.17, 15) is 4.79 Å². The average Bonchev–Trinajstić information content (AvgIpc) is 2.59. The molecule has 0 atom stereocenters. The van der Waals surface area contributed by atoms with Crippen LogP contribution in [0.5, 0.6) is 5.75 Å². The van der Waals surface area contributed by atoms with Crippen LogP contribution in [0.15, 0.2) is 24.3 Å². The lowest BCUT2D eigenvalue weighted by molar-refractivity contribution is -0.123. The normalized spacial score (nSPS) is 15.4. The van der Waals surface area contributed by atoms with Crippen LogP contribution in [0.25, 0.3) is 0 Å². The maximum Gasteiger partial charge on any atom is 0.220 e. The smallest absolute Gasteiger partial charge is 0.220 e. The van der Waals surface area contributed by atoms with Crippen LogP contribution in [-0.2, 0) is 10.3 Å². The van der Waals surface area contributed by atoms with Gasteiger partial charge in [-0.15, -0.1) is 12.4 Å². The summed E-state index contributed by atoms with van der Waals surface area (Å²) in [5, 5.41) is 6.56. The molecule has 1 aliphatic rings. The zero-order chi connectivity index (χ0) is 18.3. The number of carbonyl (C=O) groups is 1. The van der Waals surface area contributed by atoms with Gasteiger partial charge in [-0.1, -0.05) is 26.0 Å². The number of nitrogens with one attached hydrogen (secondary N) is 2. The summed E-state index contributed by atoms with van der Waals surface area (Å²) in [5.74, 6) is 2.22. The Morgan fingerprint density at radius 3 is 2.42 bits per heavy atom. The van der Waals surface area contributed by atoms with E-state index in [0.29, 0.717) is 18.3 Å². The highest BCUT2D eigenvalue weighted by molar-refractivity contribution is 5.85. The topological polar surface area (TPSA) is 50.4 Å². The van der Waals surface area contributed by atoms with Crippen LogP contribution < -0.4 is 15.4 Å². The van der Waals surface area contributed by atoms with Crippen molar-refractivity contribution in [1.29, 1.82) is 0 Å². The molecule has 1 heterocycles. The van der Waals surface area contributed by atoms with Crippen LogP contribution in [-0.4, -0.2) is 25.6 Å². The molecule has 1 aliphatic heterocycles. The lowest BCUT2D eigenvalue weighted by Gasteiger charge is -2.28. The number of carbonyl (C=O) groups excluding carboxylic acids is 1. The molecular weight excluding hydrogens is 348 g/mol. The summed E-state index contributed by atoms with van der Waals surface area (Å²) in [6.45, 7) is 11.3. The first kappa shape index (κ1) is 22.8. The molecule has 1 fully saturated rings. The highest BCUT2D eigenvalue weighted by atomic mass is 35.5. The van der Waals surface area contributed by atoms with Crippen molar-refractivity contribution in [2.75, 3.05) is 19.7 Å². The number of hydrogen-bond donors (Lipinski definition) is 2. The Bertz CT molecular complexity index is 537. The van der Waals surface area contributed by atoms with Gasteiger partial charge in [0, 0.05) is 6.42 Å². The number of hydrogen-bond acceptors (Lipinski definition) is 3. The van der Waals surface area contributed by atoms with Crippen LogP contribution in [0.1, 0.15) is 58.9 Å². The van der Waals surface area contributed by atoms with Crippen molar-refractivity contribution in [3.63, 3.8) is 0 Å². The molecule has 26 heavy (non-hydrogen) atoms. The highest BCUT2D eigenvalue weighted by Crippen LogP contribution is 2.24. The van der Waals surface area contributed by atoms with E-state index in [1.165, 1.54) is 12.8 Å². The Hall–Kier alpha value is -1.26. The zero-order valence-corrected chi connectivity index (χ0v) is 17.5. The molecule has 0 aromatic heterocycles. The molecule has 148 valence electrons. The van der Waals surface area contributed by atoms with Crippen molar-refractivity contribution in [3.05, 3.63) is 29.8 Å². The summed E-state index contributed by atoms with van der Waals surface area (Å²) in [7, 11) is 0. The van der Waals surface area contributed by atoms with Gasteiger partial charge in [-0.25, -0.2) is 0 Å². The van der Waals surface area contributed by atoms with E-state index in [1.807, 2.05) is 24.3 Å². The highest BCUT2D eigenvalue weighted by Gasteiger charge is 2.23. The molecule has 1 aromatic rings. The molecule has 0 spiro atoms. The summed E-state index contributed by atoms with van der Waals surface area (Å²) in [4.78, 5) is 12.4. The molecule has 1 amide bonds. The summed E-state index contributed by atoms with van der Waals surface area (Å²) in [6, 6.07) is 8.06. The molecule has 1 aromatic carbocycles. The quantitative estimate of drug-likeness (QED) is 0.705. The first-order chi connectivity index (χ1) is 11.9. The van der Waals surface area contributed by atoms with Crippen molar-refractivity contribution >= 4 is 18.3 Å². The van der Waals surface area contributed by atoms with Gasteiger partial charge < -0.3 is 15.4 Å². The van der Waals surface area contributed by atoms with E-state index in [4.69, 9.17) is 4.74 Å². The fourth-order valence-electron chi connectivity index (χ4n) is 3.22. The first-order valence-electron chi connectivity index (χ1n) is 9.62. The fraction of sp³-hybridized carbons (Fsp3) is 0.667.